The Morgan fingerprint density at radius 3 is 3.07 bits per heavy atom. The van der Waals surface area contributed by atoms with Gasteiger partial charge in [0.1, 0.15) is 5.82 Å². The van der Waals surface area contributed by atoms with Crippen molar-refractivity contribution < 1.29 is 5.11 Å². The van der Waals surface area contributed by atoms with Gasteiger partial charge in [0.15, 0.2) is 0 Å². The molecule has 1 fully saturated rings. The van der Waals surface area contributed by atoms with Crippen molar-refractivity contribution in [2.75, 3.05) is 6.54 Å². The summed E-state index contributed by atoms with van der Waals surface area (Å²) in [5.41, 5.74) is 0. The monoisotopic (exact) mass is 207 g/mol. The summed E-state index contributed by atoms with van der Waals surface area (Å²) >= 11 is 0. The highest BCUT2D eigenvalue weighted by molar-refractivity contribution is 4.98. The molecule has 4 heteroatoms. The molecular formula is C11H17N3O. The van der Waals surface area contributed by atoms with E-state index >= 15 is 0 Å². The van der Waals surface area contributed by atoms with Gasteiger partial charge in [-0.05, 0) is 19.3 Å². The van der Waals surface area contributed by atoms with Crippen LogP contribution in [0, 0.1) is 0 Å². The number of imidazole rings is 1. The van der Waals surface area contributed by atoms with Crippen LogP contribution in [0.3, 0.4) is 0 Å². The van der Waals surface area contributed by atoms with E-state index < -0.39 is 0 Å². The second-order valence-corrected chi connectivity index (χ2v) is 4.57. The molecule has 0 aromatic carbocycles. The van der Waals surface area contributed by atoms with E-state index in [1.807, 2.05) is 12.4 Å². The Morgan fingerprint density at radius 1 is 1.33 bits per heavy atom. The smallest absolute Gasteiger partial charge is 0.122 e. The summed E-state index contributed by atoms with van der Waals surface area (Å²) in [5.74, 6) is 1.14. The third-order valence-electron chi connectivity index (χ3n) is 3.69. The van der Waals surface area contributed by atoms with Crippen LogP contribution in [0.5, 0.6) is 0 Å². The Balaban J connectivity index is 1.75. The Bertz CT molecular complexity index is 349. The van der Waals surface area contributed by atoms with Crippen LogP contribution < -0.4 is 0 Å². The highest BCUT2D eigenvalue weighted by atomic mass is 16.3. The maximum absolute atomic E-state index is 9.87. The Labute approximate surface area is 89.5 Å². The van der Waals surface area contributed by atoms with E-state index in [1.54, 1.807) is 0 Å². The summed E-state index contributed by atoms with van der Waals surface area (Å²) in [4.78, 5) is 6.73. The number of hydrogen-bond acceptors (Lipinski definition) is 3. The second kappa shape index (κ2) is 3.61. The normalized spacial score (nSPS) is 31.8. The summed E-state index contributed by atoms with van der Waals surface area (Å²) in [7, 11) is 0. The van der Waals surface area contributed by atoms with Crippen LogP contribution >= 0.6 is 0 Å². The maximum atomic E-state index is 9.87. The molecule has 1 N–H and O–H groups in total. The van der Waals surface area contributed by atoms with Gasteiger partial charge in [0, 0.05) is 31.5 Å². The van der Waals surface area contributed by atoms with Gasteiger partial charge in [-0.1, -0.05) is 0 Å². The third kappa shape index (κ3) is 1.58. The second-order valence-electron chi connectivity index (χ2n) is 4.57. The van der Waals surface area contributed by atoms with E-state index in [0.717, 1.165) is 44.7 Å². The Hall–Kier alpha value is -0.870. The first-order chi connectivity index (χ1) is 7.34. The number of aromatic nitrogens is 2. The Kier molecular flexibility index (Phi) is 2.25. The molecule has 0 saturated heterocycles. The zero-order valence-corrected chi connectivity index (χ0v) is 8.84. The minimum Gasteiger partial charge on any atom is -0.391 e. The quantitative estimate of drug-likeness (QED) is 0.733. The maximum Gasteiger partial charge on any atom is 0.122 e. The largest absolute Gasteiger partial charge is 0.391 e. The van der Waals surface area contributed by atoms with Crippen LogP contribution in [0.2, 0.25) is 0 Å². The molecule has 1 aliphatic heterocycles. The molecular weight excluding hydrogens is 190 g/mol. The standard InChI is InChI=1S/C11H17N3O/c15-10-3-1-2-9(10)14-7-6-13-5-4-12-11(13)8-14/h4-5,9-10,15H,1-3,6-8H2. The van der Waals surface area contributed by atoms with Gasteiger partial charge in [-0.2, -0.15) is 0 Å². The molecule has 82 valence electrons. The number of rotatable bonds is 1. The van der Waals surface area contributed by atoms with Gasteiger partial charge in [0.05, 0.1) is 12.6 Å². The average molecular weight is 207 g/mol. The average Bonchev–Trinajstić information content (AvgIpc) is 2.84. The molecule has 1 aromatic heterocycles. The van der Waals surface area contributed by atoms with E-state index in [4.69, 9.17) is 0 Å². The van der Waals surface area contributed by atoms with Crippen LogP contribution in [0.4, 0.5) is 0 Å². The van der Waals surface area contributed by atoms with Gasteiger partial charge in [-0.25, -0.2) is 4.98 Å². The van der Waals surface area contributed by atoms with Gasteiger partial charge in [-0.3, -0.25) is 4.90 Å². The van der Waals surface area contributed by atoms with E-state index in [2.05, 4.69) is 14.5 Å². The van der Waals surface area contributed by atoms with Gasteiger partial charge in [-0.15, -0.1) is 0 Å². The summed E-state index contributed by atoms with van der Waals surface area (Å²) in [6, 6.07) is 0.371. The first-order valence-electron chi connectivity index (χ1n) is 5.77. The number of fused-ring (bicyclic) bond motifs is 1. The number of aliphatic hydroxyl groups is 1. The van der Waals surface area contributed by atoms with Crippen molar-refractivity contribution in [1.82, 2.24) is 14.5 Å². The number of aliphatic hydroxyl groups excluding tert-OH is 1. The lowest BCUT2D eigenvalue weighted by molar-refractivity contribution is 0.0533. The highest BCUT2D eigenvalue weighted by Crippen LogP contribution is 2.26. The lowest BCUT2D eigenvalue weighted by Crippen LogP contribution is -2.44. The van der Waals surface area contributed by atoms with Gasteiger partial charge in [0.25, 0.3) is 0 Å². The van der Waals surface area contributed by atoms with Crippen LogP contribution in [0.25, 0.3) is 0 Å². The van der Waals surface area contributed by atoms with Crippen molar-refractivity contribution >= 4 is 0 Å². The number of nitrogens with zero attached hydrogens (tertiary/aromatic N) is 3. The van der Waals surface area contributed by atoms with Crippen LogP contribution in [-0.2, 0) is 13.1 Å². The van der Waals surface area contributed by atoms with E-state index in [1.165, 1.54) is 0 Å². The third-order valence-corrected chi connectivity index (χ3v) is 3.69. The molecule has 2 aliphatic rings. The van der Waals surface area contributed by atoms with E-state index in [0.29, 0.717) is 6.04 Å². The molecule has 0 amide bonds. The molecule has 1 aliphatic carbocycles. The summed E-state index contributed by atoms with van der Waals surface area (Å²) < 4.78 is 2.21. The van der Waals surface area contributed by atoms with Crippen LogP contribution in [-0.4, -0.2) is 38.2 Å². The van der Waals surface area contributed by atoms with Crippen molar-refractivity contribution in [2.24, 2.45) is 0 Å². The minimum atomic E-state index is -0.119. The van der Waals surface area contributed by atoms with Crippen molar-refractivity contribution in [2.45, 2.75) is 44.5 Å². The molecule has 2 unspecified atom stereocenters. The summed E-state index contributed by atoms with van der Waals surface area (Å²) in [6.07, 6.45) is 7.06. The molecule has 2 atom stereocenters. The predicted octanol–water partition coefficient (Wildman–Crippen LogP) is 0.612. The highest BCUT2D eigenvalue weighted by Gasteiger charge is 2.32. The molecule has 0 spiro atoms. The van der Waals surface area contributed by atoms with E-state index in [9.17, 15) is 5.11 Å². The molecule has 15 heavy (non-hydrogen) atoms. The lowest BCUT2D eigenvalue weighted by Gasteiger charge is -2.34. The Morgan fingerprint density at radius 2 is 2.27 bits per heavy atom. The van der Waals surface area contributed by atoms with Crippen molar-refractivity contribution in [3.63, 3.8) is 0 Å². The van der Waals surface area contributed by atoms with Crippen molar-refractivity contribution in [3.05, 3.63) is 18.2 Å². The van der Waals surface area contributed by atoms with Gasteiger partial charge >= 0.3 is 0 Å². The molecule has 1 aromatic rings. The predicted molar refractivity (Wildman–Crippen MR) is 56.3 cm³/mol. The lowest BCUT2D eigenvalue weighted by atomic mass is 10.1. The van der Waals surface area contributed by atoms with Gasteiger partial charge < -0.3 is 9.67 Å². The first-order valence-corrected chi connectivity index (χ1v) is 5.77. The SMILES string of the molecule is OC1CCCC1N1CCn2ccnc2C1. The summed E-state index contributed by atoms with van der Waals surface area (Å²) in [5, 5.41) is 9.87. The van der Waals surface area contributed by atoms with Gasteiger partial charge in [0.2, 0.25) is 0 Å². The first kappa shape index (κ1) is 9.36. The van der Waals surface area contributed by atoms with Crippen molar-refractivity contribution in [1.29, 1.82) is 0 Å². The zero-order chi connectivity index (χ0) is 10.3. The fraction of sp³-hybridized carbons (Fsp3) is 0.727. The van der Waals surface area contributed by atoms with Crippen molar-refractivity contribution in [3.8, 4) is 0 Å². The molecule has 0 radical (unpaired) electrons. The molecule has 2 heterocycles. The van der Waals surface area contributed by atoms with Crippen LogP contribution in [0.15, 0.2) is 12.4 Å². The fourth-order valence-corrected chi connectivity index (χ4v) is 2.82. The summed E-state index contributed by atoms with van der Waals surface area (Å²) in [6.45, 7) is 2.96. The fourth-order valence-electron chi connectivity index (χ4n) is 2.82. The van der Waals surface area contributed by atoms with E-state index in [-0.39, 0.29) is 6.10 Å². The molecule has 0 bridgehead atoms. The molecule has 3 rings (SSSR count). The number of hydrogen-bond donors (Lipinski definition) is 1. The van der Waals surface area contributed by atoms with Crippen LogP contribution in [0.1, 0.15) is 25.1 Å². The zero-order valence-electron chi connectivity index (χ0n) is 8.84. The molecule has 4 nitrogen and oxygen atoms in total. The minimum absolute atomic E-state index is 0.119. The topological polar surface area (TPSA) is 41.3 Å². The molecule has 1 saturated carbocycles.